The van der Waals surface area contributed by atoms with Crippen LogP contribution in [-0.2, 0) is 19.7 Å². The molecule has 1 atom stereocenters. The third kappa shape index (κ3) is 3.92. The second kappa shape index (κ2) is 8.13. The normalized spacial score (nSPS) is 20.5. The molecule has 0 spiro atoms. The standard InChI is InChI=1S/C24H28N2O7/c1-6-14-12-24(7-8-25-21(28)33-23(2,3)4)15-9-18-19(32-13-31-18)10-16(15)26(22(29)30-5)20(24)11-17(14)27/h9-12H,6-8,13H2,1-5H3,(H,25,28). The number of hydrogen-bond donors (Lipinski definition) is 1. The summed E-state index contributed by atoms with van der Waals surface area (Å²) in [5.41, 5.74) is 0.953. The van der Waals surface area contributed by atoms with Gasteiger partial charge in [-0.3, -0.25) is 4.79 Å². The molecule has 0 aromatic heterocycles. The van der Waals surface area contributed by atoms with Crippen LogP contribution < -0.4 is 19.7 Å². The van der Waals surface area contributed by atoms with Crippen molar-refractivity contribution >= 4 is 23.7 Å². The minimum atomic E-state index is -0.848. The number of fused-ring (bicyclic) bond motifs is 4. The van der Waals surface area contributed by atoms with Gasteiger partial charge in [-0.2, -0.15) is 0 Å². The maximum atomic E-state index is 12.8. The number of amides is 2. The summed E-state index contributed by atoms with van der Waals surface area (Å²) < 4.78 is 21.5. The number of alkyl carbamates (subject to hydrolysis) is 1. The summed E-state index contributed by atoms with van der Waals surface area (Å²) >= 11 is 0. The van der Waals surface area contributed by atoms with E-state index in [0.29, 0.717) is 41.3 Å². The van der Waals surface area contributed by atoms with Gasteiger partial charge in [-0.25, -0.2) is 14.5 Å². The molecule has 0 fully saturated rings. The summed E-state index contributed by atoms with van der Waals surface area (Å²) in [6.45, 7) is 7.61. The predicted octanol–water partition coefficient (Wildman–Crippen LogP) is 3.96. The molecule has 0 radical (unpaired) electrons. The van der Waals surface area contributed by atoms with Crippen molar-refractivity contribution in [1.82, 2.24) is 5.32 Å². The third-order valence-corrected chi connectivity index (χ3v) is 5.84. The van der Waals surface area contributed by atoms with E-state index in [1.165, 1.54) is 18.1 Å². The number of hydrogen-bond acceptors (Lipinski definition) is 7. The van der Waals surface area contributed by atoms with E-state index in [1.54, 1.807) is 26.8 Å². The SMILES string of the molecule is CCC1=CC2(CCNC(=O)OC(C)(C)C)C(=CC1=O)N(C(=O)OC)c1cc3c(cc12)OCO3. The van der Waals surface area contributed by atoms with Crippen LogP contribution in [-0.4, -0.2) is 44.0 Å². The third-order valence-electron chi connectivity index (χ3n) is 5.84. The lowest BCUT2D eigenvalue weighted by Crippen LogP contribution is -2.40. The van der Waals surface area contributed by atoms with Gasteiger partial charge in [0.15, 0.2) is 17.3 Å². The van der Waals surface area contributed by atoms with E-state index in [-0.39, 0.29) is 19.1 Å². The highest BCUT2D eigenvalue weighted by Gasteiger charge is 2.51. The Labute approximate surface area is 192 Å². The van der Waals surface area contributed by atoms with Crippen molar-refractivity contribution in [2.45, 2.75) is 51.6 Å². The Balaban J connectivity index is 1.78. The van der Waals surface area contributed by atoms with Crippen molar-refractivity contribution in [2.24, 2.45) is 0 Å². The van der Waals surface area contributed by atoms with E-state index < -0.39 is 23.2 Å². The van der Waals surface area contributed by atoms with Crippen LogP contribution in [0.5, 0.6) is 11.5 Å². The zero-order chi connectivity index (χ0) is 24.0. The first-order chi connectivity index (χ1) is 15.6. The van der Waals surface area contributed by atoms with Crippen molar-refractivity contribution in [3.63, 3.8) is 0 Å². The maximum absolute atomic E-state index is 12.8. The van der Waals surface area contributed by atoms with Gasteiger partial charge < -0.3 is 24.3 Å². The Morgan fingerprint density at radius 2 is 1.91 bits per heavy atom. The molecule has 1 unspecified atom stereocenters. The van der Waals surface area contributed by atoms with Gasteiger partial charge in [-0.05, 0) is 50.8 Å². The first-order valence-electron chi connectivity index (χ1n) is 10.9. The fourth-order valence-corrected chi connectivity index (χ4v) is 4.45. The van der Waals surface area contributed by atoms with Gasteiger partial charge in [-0.1, -0.05) is 13.0 Å². The van der Waals surface area contributed by atoms with Crippen molar-refractivity contribution < 1.29 is 33.3 Å². The Hall–Kier alpha value is -3.49. The van der Waals surface area contributed by atoms with Gasteiger partial charge in [-0.15, -0.1) is 0 Å². The molecule has 33 heavy (non-hydrogen) atoms. The lowest BCUT2D eigenvalue weighted by Gasteiger charge is -2.33. The molecule has 3 aliphatic rings. The number of benzene rings is 1. The van der Waals surface area contributed by atoms with Crippen molar-refractivity contribution in [2.75, 3.05) is 25.3 Å². The fraction of sp³-hybridized carbons (Fsp3) is 0.458. The number of ketones is 1. The number of carbonyl (C=O) groups excluding carboxylic acids is 3. The molecule has 1 aromatic carbocycles. The second-order valence-electron chi connectivity index (χ2n) is 9.10. The highest BCUT2D eigenvalue weighted by atomic mass is 16.7. The zero-order valence-corrected chi connectivity index (χ0v) is 19.4. The smallest absolute Gasteiger partial charge is 0.418 e. The summed E-state index contributed by atoms with van der Waals surface area (Å²) in [6.07, 6.45) is 3.13. The predicted molar refractivity (Wildman–Crippen MR) is 119 cm³/mol. The molecule has 176 valence electrons. The molecule has 0 saturated heterocycles. The lowest BCUT2D eigenvalue weighted by atomic mass is 9.72. The number of nitrogens with one attached hydrogen (secondary N) is 1. The molecule has 2 amide bonds. The molecule has 2 aliphatic heterocycles. The Kier molecular flexibility index (Phi) is 5.59. The van der Waals surface area contributed by atoms with E-state index >= 15 is 0 Å². The number of anilines is 1. The fourth-order valence-electron chi connectivity index (χ4n) is 4.45. The average molecular weight is 456 g/mol. The number of allylic oxidation sites excluding steroid dienone is 3. The van der Waals surface area contributed by atoms with E-state index in [9.17, 15) is 14.4 Å². The average Bonchev–Trinajstić information content (AvgIpc) is 3.30. The molecule has 2 heterocycles. The number of ether oxygens (including phenoxy) is 4. The van der Waals surface area contributed by atoms with Crippen molar-refractivity contribution in [1.29, 1.82) is 0 Å². The highest BCUT2D eigenvalue weighted by molar-refractivity contribution is 6.10. The van der Waals surface area contributed by atoms with Crippen molar-refractivity contribution in [3.8, 4) is 11.5 Å². The van der Waals surface area contributed by atoms with Gasteiger partial charge in [0.25, 0.3) is 0 Å². The molecule has 1 aromatic rings. The quantitative estimate of drug-likeness (QED) is 0.731. The first-order valence-corrected chi connectivity index (χ1v) is 10.9. The molecule has 4 rings (SSSR count). The van der Waals surface area contributed by atoms with Crippen LogP contribution in [0.1, 0.15) is 46.1 Å². The summed E-state index contributed by atoms with van der Waals surface area (Å²) in [4.78, 5) is 39.3. The van der Waals surface area contributed by atoms with Crippen LogP contribution in [0.4, 0.5) is 15.3 Å². The number of nitrogens with zero attached hydrogens (tertiary/aromatic N) is 1. The van der Waals surface area contributed by atoms with Crippen LogP contribution in [0.3, 0.4) is 0 Å². The van der Waals surface area contributed by atoms with E-state index in [0.717, 1.165) is 5.56 Å². The molecule has 1 aliphatic carbocycles. The maximum Gasteiger partial charge on any atom is 0.418 e. The Morgan fingerprint density at radius 1 is 1.21 bits per heavy atom. The minimum absolute atomic E-state index is 0.0842. The Bertz CT molecular complexity index is 1080. The summed E-state index contributed by atoms with van der Waals surface area (Å²) in [6, 6.07) is 3.56. The van der Waals surface area contributed by atoms with Gasteiger partial charge in [0.05, 0.1) is 18.2 Å². The van der Waals surface area contributed by atoms with E-state index in [2.05, 4.69) is 5.32 Å². The van der Waals surface area contributed by atoms with Crippen LogP contribution in [0, 0.1) is 0 Å². The monoisotopic (exact) mass is 456 g/mol. The number of rotatable bonds is 4. The molecule has 0 bridgehead atoms. The van der Waals surface area contributed by atoms with Crippen LogP contribution in [0.15, 0.2) is 35.6 Å². The van der Waals surface area contributed by atoms with E-state index in [4.69, 9.17) is 18.9 Å². The second-order valence-corrected chi connectivity index (χ2v) is 9.10. The Morgan fingerprint density at radius 3 is 2.55 bits per heavy atom. The molecule has 0 saturated carbocycles. The lowest BCUT2D eigenvalue weighted by molar-refractivity contribution is -0.111. The van der Waals surface area contributed by atoms with E-state index in [1.807, 2.05) is 19.1 Å². The number of methoxy groups -OCH3 is 1. The van der Waals surface area contributed by atoms with Crippen molar-refractivity contribution in [3.05, 3.63) is 41.1 Å². The molecular weight excluding hydrogens is 428 g/mol. The molecular formula is C24H28N2O7. The molecule has 9 heteroatoms. The molecule has 1 N–H and O–H groups in total. The molecule has 9 nitrogen and oxygen atoms in total. The summed E-state index contributed by atoms with van der Waals surface area (Å²) in [5, 5.41) is 2.79. The largest absolute Gasteiger partial charge is 0.454 e. The van der Waals surface area contributed by atoms with Gasteiger partial charge in [0.2, 0.25) is 6.79 Å². The van der Waals surface area contributed by atoms with Crippen LogP contribution in [0.25, 0.3) is 0 Å². The van der Waals surface area contributed by atoms with Crippen LogP contribution >= 0.6 is 0 Å². The number of carbonyl (C=O) groups is 3. The van der Waals surface area contributed by atoms with Gasteiger partial charge >= 0.3 is 12.2 Å². The van der Waals surface area contributed by atoms with Gasteiger partial charge in [0, 0.05) is 24.4 Å². The van der Waals surface area contributed by atoms with Gasteiger partial charge in [0.1, 0.15) is 5.60 Å². The highest BCUT2D eigenvalue weighted by Crippen LogP contribution is 2.56. The zero-order valence-electron chi connectivity index (χ0n) is 19.4. The summed E-state index contributed by atoms with van der Waals surface area (Å²) in [7, 11) is 1.29. The van der Waals surface area contributed by atoms with Crippen LogP contribution in [0.2, 0.25) is 0 Å². The minimum Gasteiger partial charge on any atom is -0.454 e. The topological polar surface area (TPSA) is 103 Å². The summed E-state index contributed by atoms with van der Waals surface area (Å²) in [5.74, 6) is 0.905. The first kappa shape index (κ1) is 22.7.